The fourth-order valence-corrected chi connectivity index (χ4v) is 6.20. The van der Waals surface area contributed by atoms with Crippen LogP contribution in [-0.2, 0) is 21.2 Å². The van der Waals surface area contributed by atoms with E-state index in [0.29, 0.717) is 24.5 Å². The Hall–Kier alpha value is -1.93. The molecule has 1 saturated heterocycles. The number of carbonyl (C=O) groups excluding carboxylic acids is 1. The lowest BCUT2D eigenvalue weighted by molar-refractivity contribution is -0.145. The van der Waals surface area contributed by atoms with Crippen molar-refractivity contribution in [2.24, 2.45) is 5.92 Å². The molecule has 1 saturated carbocycles. The molecule has 0 bridgehead atoms. The Morgan fingerprint density at radius 1 is 1.12 bits per heavy atom. The molecule has 2 fully saturated rings. The Morgan fingerprint density at radius 3 is 2.56 bits per heavy atom. The molecule has 4 rings (SSSR count). The molecule has 6 nitrogen and oxygen atoms in total. The summed E-state index contributed by atoms with van der Waals surface area (Å²) in [4.78, 5) is 15.3. The van der Waals surface area contributed by atoms with Crippen LogP contribution in [-0.4, -0.2) is 49.1 Å². The summed E-state index contributed by atoms with van der Waals surface area (Å²) in [6, 6.07) is 14.3. The Bertz CT molecular complexity index is 1050. The second kappa shape index (κ2) is 9.51. The maximum atomic E-state index is 13.5. The smallest absolute Gasteiger partial charge is 0.241 e. The average Bonchev–Trinajstić information content (AvgIpc) is 2.78. The van der Waals surface area contributed by atoms with Gasteiger partial charge in [0.05, 0.1) is 10.5 Å². The molecular formula is C24H29ClN2O4S. The SMILES string of the molecule is O=C([C@H](Cc1ccccc1)NS(=O)(=O)c1ccc(Cl)cc1)N1CC[C@]2(O)CCCC[C@@H]2C1. The number of hydrogen-bond acceptors (Lipinski definition) is 4. The van der Waals surface area contributed by atoms with Crippen LogP contribution in [0.4, 0.5) is 0 Å². The van der Waals surface area contributed by atoms with Gasteiger partial charge in [-0.25, -0.2) is 8.42 Å². The molecule has 172 valence electrons. The van der Waals surface area contributed by atoms with Gasteiger partial charge in [-0.1, -0.05) is 54.8 Å². The lowest BCUT2D eigenvalue weighted by atomic mass is 9.71. The zero-order chi connectivity index (χ0) is 22.8. The summed E-state index contributed by atoms with van der Waals surface area (Å²) < 4.78 is 28.7. The van der Waals surface area contributed by atoms with Crippen LogP contribution < -0.4 is 4.72 Å². The maximum absolute atomic E-state index is 13.5. The highest BCUT2D eigenvalue weighted by Crippen LogP contribution is 2.40. The summed E-state index contributed by atoms with van der Waals surface area (Å²) in [7, 11) is -3.92. The largest absolute Gasteiger partial charge is 0.389 e. The van der Waals surface area contributed by atoms with Gasteiger partial charge in [0, 0.05) is 24.0 Å². The van der Waals surface area contributed by atoms with E-state index in [4.69, 9.17) is 11.6 Å². The van der Waals surface area contributed by atoms with Gasteiger partial charge in [-0.2, -0.15) is 4.72 Å². The fourth-order valence-electron chi connectivity index (χ4n) is 4.89. The minimum Gasteiger partial charge on any atom is -0.389 e. The van der Waals surface area contributed by atoms with Gasteiger partial charge in [-0.3, -0.25) is 4.79 Å². The van der Waals surface area contributed by atoms with Crippen molar-refractivity contribution in [1.82, 2.24) is 9.62 Å². The van der Waals surface area contributed by atoms with Gasteiger partial charge in [-0.15, -0.1) is 0 Å². The molecule has 1 aliphatic heterocycles. The number of nitrogens with zero attached hydrogens (tertiary/aromatic N) is 1. The van der Waals surface area contributed by atoms with Crippen LogP contribution >= 0.6 is 11.6 Å². The normalized spacial score (nSPS) is 24.6. The highest BCUT2D eigenvalue weighted by molar-refractivity contribution is 7.89. The van der Waals surface area contributed by atoms with Crippen molar-refractivity contribution in [3.63, 3.8) is 0 Å². The van der Waals surface area contributed by atoms with Gasteiger partial charge in [0.2, 0.25) is 15.9 Å². The summed E-state index contributed by atoms with van der Waals surface area (Å²) in [5.41, 5.74) is 0.170. The molecule has 1 aliphatic carbocycles. The van der Waals surface area contributed by atoms with E-state index in [1.807, 2.05) is 30.3 Å². The number of aliphatic hydroxyl groups is 1. The molecule has 2 N–H and O–H groups in total. The molecule has 8 heteroatoms. The molecule has 1 heterocycles. The van der Waals surface area contributed by atoms with Gasteiger partial charge in [0.25, 0.3) is 0 Å². The van der Waals surface area contributed by atoms with Crippen LogP contribution in [0.25, 0.3) is 0 Å². The topological polar surface area (TPSA) is 86.7 Å². The van der Waals surface area contributed by atoms with Crippen LogP contribution in [0.1, 0.15) is 37.7 Å². The van der Waals surface area contributed by atoms with Crippen LogP contribution in [0.2, 0.25) is 5.02 Å². The number of rotatable bonds is 6. The molecule has 0 aromatic heterocycles. The summed E-state index contributed by atoms with van der Waals surface area (Å²) >= 11 is 5.90. The molecule has 1 amide bonds. The Balaban J connectivity index is 1.56. The first kappa shape index (κ1) is 23.2. The molecule has 3 atom stereocenters. The van der Waals surface area contributed by atoms with E-state index >= 15 is 0 Å². The van der Waals surface area contributed by atoms with Crippen molar-refractivity contribution in [3.8, 4) is 0 Å². The van der Waals surface area contributed by atoms with Crippen LogP contribution in [0.5, 0.6) is 0 Å². The molecule has 2 aromatic carbocycles. The minimum atomic E-state index is -3.92. The van der Waals surface area contributed by atoms with Gasteiger partial charge in [0.15, 0.2) is 0 Å². The summed E-state index contributed by atoms with van der Waals surface area (Å²) in [5.74, 6) is -0.210. The third kappa shape index (κ3) is 5.17. The van der Waals surface area contributed by atoms with Gasteiger partial charge in [-0.05, 0) is 55.5 Å². The van der Waals surface area contributed by atoms with E-state index in [1.54, 1.807) is 4.90 Å². The quantitative estimate of drug-likeness (QED) is 0.669. The predicted molar refractivity (Wildman–Crippen MR) is 124 cm³/mol. The zero-order valence-corrected chi connectivity index (χ0v) is 19.5. The first-order valence-corrected chi connectivity index (χ1v) is 13.0. The summed E-state index contributed by atoms with van der Waals surface area (Å²) in [5, 5.41) is 11.4. The fraction of sp³-hybridized carbons (Fsp3) is 0.458. The number of sulfonamides is 1. The molecular weight excluding hydrogens is 448 g/mol. The van der Waals surface area contributed by atoms with E-state index in [9.17, 15) is 18.3 Å². The van der Waals surface area contributed by atoms with Crippen molar-refractivity contribution in [2.45, 2.75) is 55.1 Å². The second-order valence-corrected chi connectivity index (χ2v) is 11.0. The number of nitrogens with one attached hydrogen (secondary N) is 1. The number of likely N-dealkylation sites (tertiary alicyclic amines) is 1. The zero-order valence-electron chi connectivity index (χ0n) is 17.9. The van der Waals surface area contributed by atoms with E-state index in [1.165, 1.54) is 24.3 Å². The number of piperidine rings is 1. The maximum Gasteiger partial charge on any atom is 0.241 e. The number of carbonyl (C=O) groups is 1. The summed E-state index contributed by atoms with van der Waals surface area (Å²) in [6.45, 7) is 0.892. The monoisotopic (exact) mass is 476 g/mol. The molecule has 0 unspecified atom stereocenters. The lowest BCUT2D eigenvalue weighted by Crippen LogP contribution is -2.58. The number of benzene rings is 2. The van der Waals surface area contributed by atoms with Crippen LogP contribution in [0.15, 0.2) is 59.5 Å². The van der Waals surface area contributed by atoms with E-state index < -0.39 is 21.7 Å². The minimum absolute atomic E-state index is 0.0409. The first-order chi connectivity index (χ1) is 15.3. The third-order valence-corrected chi connectivity index (χ3v) is 8.48. The van der Waals surface area contributed by atoms with Crippen molar-refractivity contribution < 1.29 is 18.3 Å². The average molecular weight is 477 g/mol. The Kier molecular flexibility index (Phi) is 6.91. The molecule has 0 spiro atoms. The van der Waals surface area contributed by atoms with Crippen molar-refractivity contribution in [1.29, 1.82) is 0 Å². The van der Waals surface area contributed by atoms with Crippen molar-refractivity contribution in [3.05, 3.63) is 65.2 Å². The number of amides is 1. The van der Waals surface area contributed by atoms with E-state index in [-0.39, 0.29) is 23.1 Å². The number of halogens is 1. The standard InChI is InChI=1S/C24H29ClN2O4S/c25-20-9-11-21(12-10-20)32(30,31)26-22(16-18-6-2-1-3-7-18)23(28)27-15-14-24(29)13-5-4-8-19(24)17-27/h1-3,6-7,9-12,19,22,26,29H,4-5,8,13-17H2/t19-,22+,24-/m1/s1. The predicted octanol–water partition coefficient (Wildman–Crippen LogP) is 3.38. The number of hydrogen-bond donors (Lipinski definition) is 2. The van der Waals surface area contributed by atoms with Crippen molar-refractivity contribution >= 4 is 27.5 Å². The molecule has 32 heavy (non-hydrogen) atoms. The molecule has 0 radical (unpaired) electrons. The van der Waals surface area contributed by atoms with Gasteiger partial charge >= 0.3 is 0 Å². The second-order valence-electron chi connectivity index (χ2n) is 8.90. The summed E-state index contributed by atoms with van der Waals surface area (Å²) in [6.07, 6.45) is 4.50. The van der Waals surface area contributed by atoms with E-state index in [0.717, 1.165) is 31.2 Å². The van der Waals surface area contributed by atoms with E-state index in [2.05, 4.69) is 4.72 Å². The highest BCUT2D eigenvalue weighted by atomic mass is 35.5. The van der Waals surface area contributed by atoms with Crippen LogP contribution in [0.3, 0.4) is 0 Å². The highest BCUT2D eigenvalue weighted by Gasteiger charge is 2.44. The number of fused-ring (bicyclic) bond motifs is 1. The van der Waals surface area contributed by atoms with Gasteiger partial charge < -0.3 is 10.0 Å². The molecule has 2 aromatic rings. The van der Waals surface area contributed by atoms with Crippen molar-refractivity contribution in [2.75, 3.05) is 13.1 Å². The Morgan fingerprint density at radius 2 is 1.84 bits per heavy atom. The third-order valence-electron chi connectivity index (χ3n) is 6.74. The Labute approximate surface area is 194 Å². The van der Waals surface area contributed by atoms with Crippen LogP contribution in [0, 0.1) is 5.92 Å². The molecule has 2 aliphatic rings. The van der Waals surface area contributed by atoms with Gasteiger partial charge in [0.1, 0.15) is 6.04 Å². The first-order valence-electron chi connectivity index (χ1n) is 11.1. The lowest BCUT2D eigenvalue weighted by Gasteiger charge is -2.48.